The first kappa shape index (κ1) is 16.4. The van der Waals surface area contributed by atoms with Crippen LogP contribution in [0, 0.1) is 0 Å². The maximum absolute atomic E-state index is 11.1. The largest absolute Gasteiger partial charge is 0.465 e. The molecule has 0 bridgehead atoms. The molecule has 0 aromatic rings. The molecule has 0 rings (SSSR count). The zero-order valence-corrected chi connectivity index (χ0v) is 11.1. The van der Waals surface area contributed by atoms with Crippen molar-refractivity contribution in [2.75, 3.05) is 18.6 Å². The molecular weight excluding hydrogens is 262 g/mol. The summed E-state index contributed by atoms with van der Waals surface area (Å²) in [5.74, 6) is -0.937. The van der Waals surface area contributed by atoms with Gasteiger partial charge in [-0.1, -0.05) is 6.58 Å². The first-order valence-electron chi connectivity index (χ1n) is 5.11. The van der Waals surface area contributed by atoms with E-state index in [2.05, 4.69) is 11.9 Å². The normalized spacial score (nSPS) is 12.6. The number of esters is 1. The number of amides is 1. The smallest absolute Gasteiger partial charge is 0.404 e. The lowest BCUT2D eigenvalue weighted by molar-refractivity contribution is -0.139. The van der Waals surface area contributed by atoms with Crippen molar-refractivity contribution in [3.05, 3.63) is 12.2 Å². The second kappa shape index (κ2) is 7.00. The lowest BCUT2D eigenvalue weighted by Crippen LogP contribution is -2.39. The molecule has 1 unspecified atom stereocenters. The Morgan fingerprint density at radius 3 is 2.39 bits per heavy atom. The number of carbonyl (C=O) groups excluding carboxylic acids is 1. The van der Waals surface area contributed by atoms with Crippen molar-refractivity contribution < 1.29 is 27.9 Å². The summed E-state index contributed by atoms with van der Waals surface area (Å²) < 4.78 is 26.9. The minimum Gasteiger partial charge on any atom is -0.465 e. The van der Waals surface area contributed by atoms with Gasteiger partial charge in [-0.25, -0.2) is 18.0 Å². The Hall–Kier alpha value is -1.57. The predicted octanol–water partition coefficient (Wildman–Crippen LogP) is 0.177. The Morgan fingerprint density at radius 1 is 1.44 bits per heavy atom. The minimum absolute atomic E-state index is 0.0772. The number of sulfone groups is 1. The van der Waals surface area contributed by atoms with Crippen molar-refractivity contribution in [1.29, 1.82) is 0 Å². The number of hydrogen-bond acceptors (Lipinski definition) is 5. The van der Waals surface area contributed by atoms with Crippen molar-refractivity contribution in [2.24, 2.45) is 0 Å². The summed E-state index contributed by atoms with van der Waals surface area (Å²) in [6.45, 7) is 4.78. The molecule has 104 valence electrons. The van der Waals surface area contributed by atoms with Crippen LogP contribution >= 0.6 is 0 Å². The average molecular weight is 279 g/mol. The molecule has 0 fully saturated rings. The van der Waals surface area contributed by atoms with Gasteiger partial charge in [-0.2, -0.15) is 0 Å². The fraction of sp³-hybridized carbons (Fsp3) is 0.600. The third-order valence-corrected chi connectivity index (χ3v) is 2.89. The van der Waals surface area contributed by atoms with Crippen LogP contribution in [0.3, 0.4) is 0 Å². The highest BCUT2D eigenvalue weighted by Gasteiger charge is 2.18. The van der Waals surface area contributed by atoms with Gasteiger partial charge in [0, 0.05) is 24.3 Å². The molecule has 0 aliphatic rings. The van der Waals surface area contributed by atoms with Crippen LogP contribution in [0.15, 0.2) is 12.2 Å². The van der Waals surface area contributed by atoms with Gasteiger partial charge in [-0.05, 0) is 6.92 Å². The molecule has 0 heterocycles. The van der Waals surface area contributed by atoms with Crippen molar-refractivity contribution in [1.82, 2.24) is 5.32 Å². The Morgan fingerprint density at radius 2 is 2.00 bits per heavy atom. The first-order chi connectivity index (χ1) is 8.11. The van der Waals surface area contributed by atoms with Gasteiger partial charge >= 0.3 is 12.1 Å². The Bertz CT molecular complexity index is 428. The fourth-order valence-electron chi connectivity index (χ4n) is 1.15. The summed E-state index contributed by atoms with van der Waals surface area (Å²) in [5.41, 5.74) is 0.223. The molecule has 0 aliphatic heterocycles. The van der Waals surface area contributed by atoms with Crippen molar-refractivity contribution in [3.8, 4) is 0 Å². The van der Waals surface area contributed by atoms with Gasteiger partial charge in [0.15, 0.2) is 0 Å². The van der Waals surface area contributed by atoms with Gasteiger partial charge in [0.05, 0.1) is 12.4 Å². The highest BCUT2D eigenvalue weighted by atomic mass is 32.2. The van der Waals surface area contributed by atoms with E-state index in [0.29, 0.717) is 0 Å². The van der Waals surface area contributed by atoms with E-state index in [0.717, 1.165) is 6.26 Å². The Kier molecular flexibility index (Phi) is 6.39. The topological polar surface area (TPSA) is 110 Å². The average Bonchev–Trinajstić information content (AvgIpc) is 2.13. The fourth-order valence-corrected chi connectivity index (χ4v) is 2.14. The molecular formula is C10H17NO6S. The maximum atomic E-state index is 11.1. The maximum Gasteiger partial charge on any atom is 0.404 e. The van der Waals surface area contributed by atoms with Crippen molar-refractivity contribution >= 4 is 21.9 Å². The van der Waals surface area contributed by atoms with E-state index in [4.69, 9.17) is 9.84 Å². The summed E-state index contributed by atoms with van der Waals surface area (Å²) in [4.78, 5) is 21.5. The van der Waals surface area contributed by atoms with Crippen molar-refractivity contribution in [2.45, 2.75) is 19.4 Å². The highest BCUT2D eigenvalue weighted by molar-refractivity contribution is 7.90. The van der Waals surface area contributed by atoms with Gasteiger partial charge in [-0.3, -0.25) is 0 Å². The summed E-state index contributed by atoms with van der Waals surface area (Å²) in [5, 5.41) is 10.6. The molecule has 18 heavy (non-hydrogen) atoms. The standard InChI is InChI=1S/C10H17NO6S/c1-7(2)9(12)17-5-4-8(11-10(13)14)6-18(3,15)16/h8,11H,1,4-6H2,2-3H3,(H,13,14). The molecule has 1 atom stereocenters. The molecule has 8 heteroatoms. The van der Waals surface area contributed by atoms with Crippen LogP contribution in [0.25, 0.3) is 0 Å². The van der Waals surface area contributed by atoms with Crippen molar-refractivity contribution in [3.63, 3.8) is 0 Å². The lowest BCUT2D eigenvalue weighted by Gasteiger charge is -2.15. The number of hydrogen-bond donors (Lipinski definition) is 2. The first-order valence-corrected chi connectivity index (χ1v) is 7.17. The summed E-state index contributed by atoms with van der Waals surface area (Å²) in [7, 11) is -3.32. The molecule has 0 aromatic carbocycles. The molecule has 0 aromatic heterocycles. The third kappa shape index (κ3) is 8.57. The molecule has 0 saturated carbocycles. The van der Waals surface area contributed by atoms with Crippen LogP contribution in [0.5, 0.6) is 0 Å². The monoisotopic (exact) mass is 279 g/mol. The SMILES string of the molecule is C=C(C)C(=O)OCCC(CS(C)(=O)=O)NC(=O)O. The number of nitrogens with one attached hydrogen (secondary N) is 1. The molecule has 1 amide bonds. The molecule has 0 aliphatic carbocycles. The minimum atomic E-state index is -3.32. The summed E-state index contributed by atoms with van der Waals surface area (Å²) in [6, 6.07) is -0.810. The van der Waals surface area contributed by atoms with Gasteiger partial charge in [0.2, 0.25) is 0 Å². The van der Waals surface area contributed by atoms with E-state index >= 15 is 0 Å². The number of rotatable bonds is 7. The Balaban J connectivity index is 4.29. The predicted molar refractivity (Wildman–Crippen MR) is 65.0 cm³/mol. The van der Waals surface area contributed by atoms with E-state index in [9.17, 15) is 18.0 Å². The van der Waals surface area contributed by atoms with Crippen LogP contribution in [0.4, 0.5) is 4.79 Å². The quantitative estimate of drug-likeness (QED) is 0.508. The zero-order valence-electron chi connectivity index (χ0n) is 10.3. The van der Waals surface area contributed by atoms with Crippen LogP contribution in [0.2, 0.25) is 0 Å². The Labute approximate surface area is 106 Å². The summed E-state index contributed by atoms with van der Waals surface area (Å²) in [6.07, 6.45) is -0.239. The van der Waals surface area contributed by atoms with Gasteiger partial charge in [-0.15, -0.1) is 0 Å². The van der Waals surface area contributed by atoms with Crippen LogP contribution in [-0.4, -0.2) is 50.2 Å². The molecule has 0 saturated heterocycles. The molecule has 2 N–H and O–H groups in total. The molecule has 0 spiro atoms. The number of ether oxygens (including phenoxy) is 1. The highest BCUT2D eigenvalue weighted by Crippen LogP contribution is 2.00. The van der Waals surface area contributed by atoms with E-state index < -0.39 is 27.9 Å². The number of carbonyl (C=O) groups is 2. The number of carboxylic acid groups (broad SMARTS) is 1. The van der Waals surface area contributed by atoms with Crippen LogP contribution < -0.4 is 5.32 Å². The second-order valence-electron chi connectivity index (χ2n) is 3.94. The summed E-state index contributed by atoms with van der Waals surface area (Å²) >= 11 is 0. The van der Waals surface area contributed by atoms with Crippen LogP contribution in [-0.2, 0) is 19.4 Å². The molecule has 7 nitrogen and oxygen atoms in total. The third-order valence-electron chi connectivity index (χ3n) is 1.88. The molecule has 0 radical (unpaired) electrons. The second-order valence-corrected chi connectivity index (χ2v) is 6.13. The van der Waals surface area contributed by atoms with E-state index in [1.807, 2.05) is 0 Å². The van der Waals surface area contributed by atoms with E-state index in [1.54, 1.807) is 0 Å². The van der Waals surface area contributed by atoms with E-state index in [-0.39, 0.29) is 24.4 Å². The van der Waals surface area contributed by atoms with Gasteiger partial charge in [0.1, 0.15) is 9.84 Å². The van der Waals surface area contributed by atoms with E-state index in [1.165, 1.54) is 6.92 Å². The van der Waals surface area contributed by atoms with Gasteiger partial charge < -0.3 is 15.2 Å². The zero-order chi connectivity index (χ0) is 14.3. The van der Waals surface area contributed by atoms with Crippen LogP contribution in [0.1, 0.15) is 13.3 Å². The lowest BCUT2D eigenvalue weighted by atomic mass is 10.2. The van der Waals surface area contributed by atoms with Gasteiger partial charge in [0.25, 0.3) is 0 Å².